The number of nitrogens with zero attached hydrogens (tertiary/aromatic N) is 1. The Kier molecular flexibility index (Phi) is 6.69. The largest absolute Gasteiger partial charge is 0.320 e. The van der Waals surface area contributed by atoms with Crippen molar-refractivity contribution in [3.8, 4) is 0 Å². The minimum absolute atomic E-state index is 0.350. The molecule has 0 saturated heterocycles. The van der Waals surface area contributed by atoms with E-state index < -0.39 is 0 Å². The standard InChI is InChI=1S/C15H25ClN2/c1-12(8-7-11-17-3)18(4)13(2)14-9-5-6-10-15(14)16/h5-6,9-10,12-13,17H,7-8,11H2,1-4H3. The van der Waals surface area contributed by atoms with Crippen LogP contribution >= 0.6 is 11.6 Å². The van der Waals surface area contributed by atoms with Crippen molar-refractivity contribution in [2.75, 3.05) is 20.6 Å². The van der Waals surface area contributed by atoms with Crippen LogP contribution in [0, 0.1) is 0 Å². The van der Waals surface area contributed by atoms with Crippen LogP contribution in [0.4, 0.5) is 0 Å². The van der Waals surface area contributed by atoms with Crippen molar-refractivity contribution in [1.82, 2.24) is 10.2 Å². The smallest absolute Gasteiger partial charge is 0.0453 e. The number of hydrogen-bond donors (Lipinski definition) is 1. The summed E-state index contributed by atoms with van der Waals surface area (Å²) >= 11 is 6.26. The Balaban J connectivity index is 2.60. The summed E-state index contributed by atoms with van der Waals surface area (Å²) in [5.41, 5.74) is 1.21. The van der Waals surface area contributed by atoms with Crippen molar-refractivity contribution in [2.24, 2.45) is 0 Å². The maximum absolute atomic E-state index is 6.26. The molecule has 2 unspecified atom stereocenters. The van der Waals surface area contributed by atoms with Crippen molar-refractivity contribution in [3.05, 3.63) is 34.9 Å². The fourth-order valence-corrected chi connectivity index (χ4v) is 2.49. The molecule has 1 aromatic rings. The summed E-state index contributed by atoms with van der Waals surface area (Å²) in [5, 5.41) is 4.05. The summed E-state index contributed by atoms with van der Waals surface area (Å²) < 4.78 is 0. The van der Waals surface area contributed by atoms with E-state index in [0.717, 1.165) is 11.6 Å². The highest BCUT2D eigenvalue weighted by Crippen LogP contribution is 2.28. The first-order chi connectivity index (χ1) is 8.57. The van der Waals surface area contributed by atoms with Crippen LogP contribution in [-0.2, 0) is 0 Å². The lowest BCUT2D eigenvalue weighted by molar-refractivity contribution is 0.186. The second-order valence-corrected chi connectivity index (χ2v) is 5.36. The van der Waals surface area contributed by atoms with Crippen molar-refractivity contribution < 1.29 is 0 Å². The van der Waals surface area contributed by atoms with Crippen LogP contribution in [0.3, 0.4) is 0 Å². The highest BCUT2D eigenvalue weighted by molar-refractivity contribution is 6.31. The molecule has 3 heteroatoms. The van der Waals surface area contributed by atoms with Crippen LogP contribution in [0.1, 0.15) is 38.3 Å². The average Bonchev–Trinajstić information content (AvgIpc) is 2.38. The predicted octanol–water partition coefficient (Wildman–Crippen LogP) is 3.72. The van der Waals surface area contributed by atoms with E-state index in [1.54, 1.807) is 0 Å². The first-order valence-electron chi connectivity index (χ1n) is 6.69. The molecule has 0 aliphatic carbocycles. The third-order valence-electron chi connectivity index (χ3n) is 3.71. The average molecular weight is 269 g/mol. The molecule has 0 bridgehead atoms. The third-order valence-corrected chi connectivity index (χ3v) is 4.05. The van der Waals surface area contributed by atoms with Gasteiger partial charge in [0.05, 0.1) is 0 Å². The van der Waals surface area contributed by atoms with Crippen LogP contribution in [0.25, 0.3) is 0 Å². The molecular formula is C15H25ClN2. The van der Waals surface area contributed by atoms with E-state index in [1.165, 1.54) is 18.4 Å². The van der Waals surface area contributed by atoms with Gasteiger partial charge in [-0.15, -0.1) is 0 Å². The van der Waals surface area contributed by atoms with Gasteiger partial charge in [-0.25, -0.2) is 0 Å². The second kappa shape index (κ2) is 7.78. The summed E-state index contributed by atoms with van der Waals surface area (Å²) in [4.78, 5) is 2.40. The predicted molar refractivity (Wildman–Crippen MR) is 80.3 cm³/mol. The number of hydrogen-bond acceptors (Lipinski definition) is 2. The van der Waals surface area contributed by atoms with Crippen molar-refractivity contribution in [2.45, 2.75) is 38.8 Å². The summed E-state index contributed by atoms with van der Waals surface area (Å²) in [6.07, 6.45) is 2.41. The lowest BCUT2D eigenvalue weighted by Gasteiger charge is -2.31. The van der Waals surface area contributed by atoms with E-state index in [-0.39, 0.29) is 0 Å². The molecule has 1 aromatic carbocycles. The number of nitrogens with one attached hydrogen (secondary N) is 1. The van der Waals surface area contributed by atoms with E-state index in [4.69, 9.17) is 11.6 Å². The van der Waals surface area contributed by atoms with Gasteiger partial charge in [0.25, 0.3) is 0 Å². The molecule has 0 amide bonds. The molecule has 1 rings (SSSR count). The quantitative estimate of drug-likeness (QED) is 0.759. The Labute approximate surface area is 116 Å². The lowest BCUT2D eigenvalue weighted by Crippen LogP contribution is -2.32. The van der Waals surface area contributed by atoms with Crippen molar-refractivity contribution in [3.63, 3.8) is 0 Å². The van der Waals surface area contributed by atoms with Gasteiger partial charge in [0.1, 0.15) is 0 Å². The number of rotatable bonds is 7. The molecule has 0 saturated carbocycles. The Bertz CT molecular complexity index is 354. The van der Waals surface area contributed by atoms with Crippen LogP contribution in [0.15, 0.2) is 24.3 Å². The van der Waals surface area contributed by atoms with E-state index in [1.807, 2.05) is 19.2 Å². The minimum Gasteiger partial charge on any atom is -0.320 e. The first-order valence-corrected chi connectivity index (χ1v) is 7.06. The van der Waals surface area contributed by atoms with E-state index in [2.05, 4.69) is 43.2 Å². The minimum atomic E-state index is 0.350. The first kappa shape index (κ1) is 15.5. The fourth-order valence-electron chi connectivity index (χ4n) is 2.19. The zero-order chi connectivity index (χ0) is 13.5. The van der Waals surface area contributed by atoms with Gasteiger partial charge in [-0.1, -0.05) is 29.8 Å². The van der Waals surface area contributed by atoms with E-state index >= 15 is 0 Å². The topological polar surface area (TPSA) is 15.3 Å². The van der Waals surface area contributed by atoms with Gasteiger partial charge in [0, 0.05) is 17.1 Å². The lowest BCUT2D eigenvalue weighted by atomic mass is 10.0. The van der Waals surface area contributed by atoms with Gasteiger partial charge in [-0.05, 0) is 59.0 Å². The third kappa shape index (κ3) is 4.27. The molecule has 0 spiro atoms. The van der Waals surface area contributed by atoms with E-state index in [0.29, 0.717) is 12.1 Å². The molecule has 0 aliphatic heterocycles. The molecule has 102 valence electrons. The molecule has 0 radical (unpaired) electrons. The Morgan fingerprint density at radius 2 is 1.94 bits per heavy atom. The number of benzene rings is 1. The summed E-state index contributed by atoms with van der Waals surface area (Å²) in [6.45, 7) is 5.58. The Hall–Kier alpha value is -0.570. The Morgan fingerprint density at radius 1 is 1.28 bits per heavy atom. The van der Waals surface area contributed by atoms with Gasteiger partial charge >= 0.3 is 0 Å². The molecule has 0 aromatic heterocycles. The van der Waals surface area contributed by atoms with Gasteiger partial charge in [0.2, 0.25) is 0 Å². The number of halogens is 1. The van der Waals surface area contributed by atoms with Crippen LogP contribution < -0.4 is 5.32 Å². The zero-order valence-electron chi connectivity index (χ0n) is 11.9. The fraction of sp³-hybridized carbons (Fsp3) is 0.600. The van der Waals surface area contributed by atoms with Crippen LogP contribution in [0.2, 0.25) is 5.02 Å². The van der Waals surface area contributed by atoms with Gasteiger partial charge in [0.15, 0.2) is 0 Å². The second-order valence-electron chi connectivity index (χ2n) is 4.96. The molecule has 18 heavy (non-hydrogen) atoms. The van der Waals surface area contributed by atoms with Gasteiger partial charge in [-0.3, -0.25) is 4.90 Å². The molecule has 0 aliphatic rings. The summed E-state index contributed by atoms with van der Waals surface area (Å²) in [7, 11) is 4.18. The monoisotopic (exact) mass is 268 g/mol. The zero-order valence-corrected chi connectivity index (χ0v) is 12.7. The summed E-state index contributed by atoms with van der Waals surface area (Å²) in [5.74, 6) is 0. The van der Waals surface area contributed by atoms with Crippen LogP contribution in [0.5, 0.6) is 0 Å². The SMILES string of the molecule is CNCCCC(C)N(C)C(C)c1ccccc1Cl. The van der Waals surface area contributed by atoms with Gasteiger partial charge in [-0.2, -0.15) is 0 Å². The molecule has 1 N–H and O–H groups in total. The Morgan fingerprint density at radius 3 is 2.56 bits per heavy atom. The van der Waals surface area contributed by atoms with Crippen molar-refractivity contribution >= 4 is 11.6 Å². The maximum atomic E-state index is 6.26. The molecule has 0 fully saturated rings. The molecular weight excluding hydrogens is 244 g/mol. The molecule has 2 nitrogen and oxygen atoms in total. The molecule has 2 atom stereocenters. The normalized spacial score (nSPS) is 14.8. The summed E-state index contributed by atoms with van der Waals surface area (Å²) in [6, 6.07) is 9.02. The van der Waals surface area contributed by atoms with Crippen molar-refractivity contribution in [1.29, 1.82) is 0 Å². The highest BCUT2D eigenvalue weighted by Gasteiger charge is 2.18. The molecule has 0 heterocycles. The van der Waals surface area contributed by atoms with E-state index in [9.17, 15) is 0 Å². The van der Waals surface area contributed by atoms with Crippen LogP contribution in [-0.4, -0.2) is 31.6 Å². The maximum Gasteiger partial charge on any atom is 0.0453 e. The highest BCUT2D eigenvalue weighted by atomic mass is 35.5. The van der Waals surface area contributed by atoms with Gasteiger partial charge < -0.3 is 5.32 Å².